The maximum absolute atomic E-state index is 12.0. The summed E-state index contributed by atoms with van der Waals surface area (Å²) in [6.45, 7) is 21.7. The van der Waals surface area contributed by atoms with E-state index in [0.29, 0.717) is 30.3 Å². The number of esters is 2. The Morgan fingerprint density at radius 1 is 0.767 bits per heavy atom. The number of hydrogen-bond donors (Lipinski definition) is 0. The molecule has 0 heterocycles. The van der Waals surface area contributed by atoms with Crippen molar-refractivity contribution in [2.24, 2.45) is 61.8 Å². The van der Waals surface area contributed by atoms with Gasteiger partial charge in [0.1, 0.15) is 6.61 Å². The Labute approximate surface area is 258 Å². The van der Waals surface area contributed by atoms with Gasteiger partial charge < -0.3 is 14.3 Å². The third-order valence-electron chi connectivity index (χ3n) is 14.3. The van der Waals surface area contributed by atoms with Crippen LogP contribution in [-0.2, 0) is 28.7 Å². The van der Waals surface area contributed by atoms with E-state index in [4.69, 9.17) is 14.3 Å². The second-order valence-corrected chi connectivity index (χ2v) is 16.1. The Morgan fingerprint density at radius 3 is 2.07 bits per heavy atom. The molecule has 0 bridgehead atoms. The summed E-state index contributed by atoms with van der Waals surface area (Å²) in [6, 6.07) is 0. The number of allylic oxidation sites excluding steroid dienone is 1. The summed E-state index contributed by atoms with van der Waals surface area (Å²) in [5, 5.41) is 4.37. The summed E-state index contributed by atoms with van der Waals surface area (Å²) in [4.78, 5) is 40.9. The lowest BCUT2D eigenvalue weighted by Gasteiger charge is -2.72. The van der Waals surface area contributed by atoms with Gasteiger partial charge in [-0.25, -0.2) is 4.79 Å². The van der Waals surface area contributed by atoms with Gasteiger partial charge in [-0.15, -0.1) is 0 Å². The summed E-state index contributed by atoms with van der Waals surface area (Å²) in [5.74, 6) is 1.44. The monoisotopic (exact) mass is 597 g/mol. The first-order valence-corrected chi connectivity index (χ1v) is 16.7. The van der Waals surface area contributed by atoms with E-state index >= 15 is 0 Å². The molecule has 0 aliphatic heterocycles. The second kappa shape index (κ2) is 11.0. The molecule has 5 saturated carbocycles. The van der Waals surface area contributed by atoms with E-state index in [1.165, 1.54) is 39.2 Å². The molecule has 0 N–H and O–H groups in total. The Kier molecular flexibility index (Phi) is 8.25. The molecule has 5 rings (SSSR count). The molecule has 0 amide bonds. The molecule has 10 atom stereocenters. The Bertz CT molecular complexity index is 1210. The largest absolute Gasteiger partial charge is 0.465 e. The minimum absolute atomic E-state index is 0.0425. The van der Waals surface area contributed by atoms with Crippen LogP contribution in [0.2, 0.25) is 0 Å². The van der Waals surface area contributed by atoms with Gasteiger partial charge in [0.15, 0.2) is 0 Å². The van der Waals surface area contributed by atoms with Crippen LogP contribution >= 0.6 is 0 Å². The van der Waals surface area contributed by atoms with Gasteiger partial charge in [-0.3, -0.25) is 9.59 Å². The van der Waals surface area contributed by atoms with E-state index in [-0.39, 0.29) is 46.1 Å². The molecule has 5 aliphatic rings. The minimum Gasteiger partial charge on any atom is -0.465 e. The molecule has 7 heteroatoms. The Balaban J connectivity index is 1.51. The van der Waals surface area contributed by atoms with E-state index < -0.39 is 11.4 Å². The maximum Gasteiger partial charge on any atom is 0.331 e. The number of carbonyl (C=O) groups is 3. The van der Waals surface area contributed by atoms with E-state index in [9.17, 15) is 14.4 Å². The summed E-state index contributed by atoms with van der Waals surface area (Å²) in [5.41, 5.74) is 2.07. The highest BCUT2D eigenvalue weighted by molar-refractivity contribution is 5.91. The molecule has 0 aromatic rings. The number of rotatable bonds is 6. The summed E-state index contributed by atoms with van der Waals surface area (Å²) < 4.78 is 11.5. The number of carbonyl (C=O) groups excluding carboxylic acids is 3. The first-order valence-electron chi connectivity index (χ1n) is 16.7. The van der Waals surface area contributed by atoms with Crippen molar-refractivity contribution in [3.8, 4) is 0 Å². The molecule has 0 unspecified atom stereocenters. The molecule has 0 radical (unpaired) electrons. The number of oxime groups is 1. The molecule has 5 aliphatic carbocycles. The van der Waals surface area contributed by atoms with Crippen LogP contribution in [0.1, 0.15) is 120 Å². The lowest BCUT2D eigenvalue weighted by molar-refractivity contribution is -0.234. The van der Waals surface area contributed by atoms with Crippen molar-refractivity contribution in [3.63, 3.8) is 0 Å². The zero-order valence-electron chi connectivity index (χ0n) is 28.0. The van der Waals surface area contributed by atoms with E-state index in [1.807, 2.05) is 0 Å². The van der Waals surface area contributed by atoms with Gasteiger partial charge in [-0.1, -0.05) is 45.0 Å². The number of hydrogen-bond acceptors (Lipinski definition) is 7. The average molecular weight is 598 g/mol. The Hall–Kier alpha value is -2.18. The van der Waals surface area contributed by atoms with Gasteiger partial charge in [0.05, 0.1) is 12.3 Å². The van der Waals surface area contributed by atoms with Gasteiger partial charge in [-0.2, -0.15) is 0 Å². The van der Waals surface area contributed by atoms with Crippen LogP contribution < -0.4 is 0 Å². The lowest BCUT2D eigenvalue weighted by atomic mass is 9.32. The third-order valence-corrected chi connectivity index (χ3v) is 14.3. The zero-order chi connectivity index (χ0) is 31.6. The third kappa shape index (κ3) is 4.90. The first kappa shape index (κ1) is 32.2. The fraction of sp³-hybridized carbons (Fsp3) is 0.833. The predicted octanol–water partition coefficient (Wildman–Crippen LogP) is 7.67. The fourth-order valence-electron chi connectivity index (χ4n) is 12.1. The summed E-state index contributed by atoms with van der Waals surface area (Å²) in [6.07, 6.45) is 10.7. The lowest BCUT2D eigenvalue weighted by Crippen LogP contribution is -2.67. The topological polar surface area (TPSA) is 91.3 Å². The molecule has 43 heavy (non-hydrogen) atoms. The first-order chi connectivity index (χ1) is 20.0. The van der Waals surface area contributed by atoms with Crippen molar-refractivity contribution in [1.29, 1.82) is 0 Å². The average Bonchev–Trinajstić information content (AvgIpc) is 3.31. The van der Waals surface area contributed by atoms with Crippen molar-refractivity contribution >= 4 is 23.6 Å². The van der Waals surface area contributed by atoms with Crippen LogP contribution in [0, 0.1) is 56.7 Å². The second-order valence-electron chi connectivity index (χ2n) is 16.1. The molecule has 0 spiro atoms. The van der Waals surface area contributed by atoms with Crippen molar-refractivity contribution in [3.05, 3.63) is 12.2 Å². The van der Waals surface area contributed by atoms with Crippen LogP contribution in [0.15, 0.2) is 17.3 Å². The highest BCUT2D eigenvalue weighted by atomic mass is 16.7. The highest BCUT2D eigenvalue weighted by Gasteiger charge is 2.71. The molecule has 0 aromatic carbocycles. The van der Waals surface area contributed by atoms with E-state index in [2.05, 4.69) is 46.4 Å². The van der Waals surface area contributed by atoms with Gasteiger partial charge in [-0.05, 0) is 117 Å². The molecular weight excluding hydrogens is 542 g/mol. The maximum atomic E-state index is 12.0. The highest BCUT2D eigenvalue weighted by Crippen LogP contribution is 2.77. The van der Waals surface area contributed by atoms with E-state index in [0.717, 1.165) is 57.1 Å². The molecule has 0 aromatic heterocycles. The van der Waals surface area contributed by atoms with Gasteiger partial charge in [0, 0.05) is 31.6 Å². The number of ether oxygens (including phenoxy) is 2. The van der Waals surface area contributed by atoms with Crippen LogP contribution in [0.3, 0.4) is 0 Å². The molecule has 5 fully saturated rings. The number of nitrogens with zero attached hydrogens (tertiary/aromatic N) is 1. The molecule has 7 nitrogen and oxygen atoms in total. The minimum atomic E-state index is -0.491. The predicted molar refractivity (Wildman–Crippen MR) is 166 cm³/mol. The van der Waals surface area contributed by atoms with Crippen molar-refractivity contribution in [2.75, 3.05) is 13.2 Å². The molecular formula is C36H55NO6. The standard InChI is InChI=1S/C36H55NO6/c1-22(2)26-12-17-36(21-42-24(4)39)19-18-34(8)27(31(26)36)10-11-29-32(6)15-14-30(37-43-25(5)40)33(7,20-41-23(3)38)28(32)13-16-35(29,34)9/h26-29,31H,1,10-21H2,2-9H3/t26-,27+,28+,29+,31+,32-,33+,34+,35+,36+/m0/s1. The Morgan fingerprint density at radius 2 is 1.44 bits per heavy atom. The fourth-order valence-corrected chi connectivity index (χ4v) is 12.1. The summed E-state index contributed by atoms with van der Waals surface area (Å²) in [7, 11) is 0. The molecule has 240 valence electrons. The molecule has 0 saturated heterocycles. The zero-order valence-corrected chi connectivity index (χ0v) is 28.0. The smallest absolute Gasteiger partial charge is 0.331 e. The SMILES string of the molecule is C=C(C)[C@@H]1CC[C@]2(COC(C)=O)CC[C@]3(C)[C@H](CC[C@@H]4[C@@]5(C)CCC(=NOC(C)=O)[C@](C)(COC(C)=O)[C@@H]5CC[C@]43C)[C@@H]12. The van der Waals surface area contributed by atoms with Gasteiger partial charge >= 0.3 is 17.9 Å². The summed E-state index contributed by atoms with van der Waals surface area (Å²) >= 11 is 0. The van der Waals surface area contributed by atoms with Crippen molar-refractivity contribution in [2.45, 2.75) is 120 Å². The van der Waals surface area contributed by atoms with Crippen molar-refractivity contribution < 1.29 is 28.7 Å². The van der Waals surface area contributed by atoms with Crippen LogP contribution in [0.4, 0.5) is 0 Å². The normalized spacial score (nSPS) is 46.0. The van der Waals surface area contributed by atoms with Gasteiger partial charge in [0.25, 0.3) is 0 Å². The van der Waals surface area contributed by atoms with Crippen molar-refractivity contribution in [1.82, 2.24) is 0 Å². The van der Waals surface area contributed by atoms with E-state index in [1.54, 1.807) is 0 Å². The van der Waals surface area contributed by atoms with Crippen LogP contribution in [0.25, 0.3) is 0 Å². The van der Waals surface area contributed by atoms with Crippen LogP contribution in [-0.4, -0.2) is 36.8 Å². The quantitative estimate of drug-likeness (QED) is 0.135. The van der Waals surface area contributed by atoms with Crippen LogP contribution in [0.5, 0.6) is 0 Å². The van der Waals surface area contributed by atoms with Gasteiger partial charge in [0.2, 0.25) is 0 Å². The number of fused-ring (bicyclic) bond motifs is 7.